The van der Waals surface area contributed by atoms with Gasteiger partial charge in [-0.3, -0.25) is 4.79 Å². The molecule has 0 bridgehead atoms. The van der Waals surface area contributed by atoms with Crippen LogP contribution in [0.25, 0.3) is 0 Å². The number of nitrogens with zero attached hydrogens (tertiary/aromatic N) is 3. The van der Waals surface area contributed by atoms with Crippen molar-refractivity contribution in [3.63, 3.8) is 0 Å². The molecular weight excluding hydrogens is 597 g/mol. The minimum atomic E-state index is -4.51. The number of carbonyl (C=O) groups excluding carboxylic acids is 3. The van der Waals surface area contributed by atoms with Gasteiger partial charge in [0.15, 0.2) is 11.5 Å². The number of aromatic nitrogens is 1. The van der Waals surface area contributed by atoms with Crippen molar-refractivity contribution in [2.24, 2.45) is 5.92 Å². The summed E-state index contributed by atoms with van der Waals surface area (Å²) in [6.45, 7) is 6.71. The van der Waals surface area contributed by atoms with Gasteiger partial charge in [0.05, 0.1) is 36.0 Å². The lowest BCUT2D eigenvalue weighted by atomic mass is 9.99. The quantitative estimate of drug-likeness (QED) is 0.275. The Hall–Kier alpha value is -4.79. The molecule has 5 amide bonds. The van der Waals surface area contributed by atoms with Gasteiger partial charge in [0.2, 0.25) is 0 Å². The predicted octanol–water partition coefficient (Wildman–Crippen LogP) is 5.34. The molecule has 3 atom stereocenters. The Balaban J connectivity index is 1.60. The standard InChI is InChI=1S/C30H35F3N6O6/c1-16-13-39(17(2)15-40)27(41)22-7-6-8-23(35-28(42)36-25-18(3)37-45-19(25)4)26(22)44-24(16)14-38(5)29(43)34-21-11-9-20(10-12-21)30(31,32)33/h6-12,16-17,24,40H,13-15H2,1-5H3,(H,34,43)(H2,35,36,42)/t16-,17-,24+/m0/s1. The minimum Gasteiger partial charge on any atom is -0.485 e. The average molecular weight is 633 g/mol. The first-order valence-corrected chi connectivity index (χ1v) is 14.1. The highest BCUT2D eigenvalue weighted by Crippen LogP contribution is 2.35. The summed E-state index contributed by atoms with van der Waals surface area (Å²) in [7, 11) is 1.50. The smallest absolute Gasteiger partial charge is 0.416 e. The van der Waals surface area contributed by atoms with E-state index in [2.05, 4.69) is 21.1 Å². The topological polar surface area (TPSA) is 149 Å². The van der Waals surface area contributed by atoms with Crippen molar-refractivity contribution in [3.8, 4) is 5.75 Å². The number of hydrogen-bond acceptors (Lipinski definition) is 7. The Morgan fingerprint density at radius 3 is 2.42 bits per heavy atom. The number of nitrogens with one attached hydrogen (secondary N) is 3. The molecule has 0 saturated heterocycles. The monoisotopic (exact) mass is 632 g/mol. The highest BCUT2D eigenvalue weighted by molar-refractivity contribution is 6.04. The molecule has 45 heavy (non-hydrogen) atoms. The summed E-state index contributed by atoms with van der Waals surface area (Å²) >= 11 is 0. The second-order valence-corrected chi connectivity index (χ2v) is 11.0. The van der Waals surface area contributed by atoms with Crippen LogP contribution in [0.3, 0.4) is 0 Å². The lowest BCUT2D eigenvalue weighted by Gasteiger charge is -2.38. The van der Waals surface area contributed by atoms with E-state index in [4.69, 9.17) is 9.26 Å². The van der Waals surface area contributed by atoms with Crippen molar-refractivity contribution in [3.05, 3.63) is 65.0 Å². The fourth-order valence-electron chi connectivity index (χ4n) is 4.80. The summed E-state index contributed by atoms with van der Waals surface area (Å²) in [5.41, 5.74) is 0.499. The summed E-state index contributed by atoms with van der Waals surface area (Å²) in [6.07, 6.45) is -5.23. The number of aryl methyl sites for hydroxylation is 2. The number of urea groups is 2. The van der Waals surface area contributed by atoms with Crippen LogP contribution in [0.2, 0.25) is 0 Å². The number of halogens is 3. The number of fused-ring (bicyclic) bond motifs is 1. The van der Waals surface area contributed by atoms with E-state index in [-0.39, 0.29) is 48.3 Å². The molecule has 4 rings (SSSR count). The third kappa shape index (κ3) is 7.66. The molecule has 0 radical (unpaired) electrons. The molecule has 1 aliphatic rings. The number of para-hydroxylation sites is 1. The first-order valence-electron chi connectivity index (χ1n) is 14.1. The van der Waals surface area contributed by atoms with Crippen molar-refractivity contribution in [1.82, 2.24) is 15.0 Å². The maximum Gasteiger partial charge on any atom is 0.416 e. The molecule has 1 aromatic heterocycles. The number of carbonyl (C=O) groups is 3. The fraction of sp³-hybridized carbons (Fsp3) is 0.400. The van der Waals surface area contributed by atoms with Gasteiger partial charge in [-0.15, -0.1) is 0 Å². The van der Waals surface area contributed by atoms with Crippen molar-refractivity contribution < 1.29 is 41.9 Å². The second-order valence-electron chi connectivity index (χ2n) is 11.0. The number of alkyl halides is 3. The van der Waals surface area contributed by atoms with Gasteiger partial charge in [-0.1, -0.05) is 18.1 Å². The van der Waals surface area contributed by atoms with E-state index >= 15 is 0 Å². The molecule has 15 heteroatoms. The van der Waals surface area contributed by atoms with Crippen LogP contribution in [0.4, 0.5) is 39.8 Å². The van der Waals surface area contributed by atoms with Gasteiger partial charge in [-0.2, -0.15) is 13.2 Å². The zero-order chi connectivity index (χ0) is 33.1. The number of amides is 5. The lowest BCUT2D eigenvalue weighted by Crippen LogP contribution is -2.50. The number of benzene rings is 2. The normalized spacial score (nSPS) is 17.4. The predicted molar refractivity (Wildman–Crippen MR) is 159 cm³/mol. The van der Waals surface area contributed by atoms with E-state index in [1.54, 1.807) is 39.0 Å². The fourth-order valence-corrected chi connectivity index (χ4v) is 4.80. The molecule has 0 spiro atoms. The Kier molecular flexibility index (Phi) is 9.91. The van der Waals surface area contributed by atoms with Crippen LogP contribution in [-0.2, 0) is 6.18 Å². The first-order chi connectivity index (χ1) is 21.2. The zero-order valence-electron chi connectivity index (χ0n) is 25.4. The van der Waals surface area contributed by atoms with Gasteiger partial charge in [0, 0.05) is 25.2 Å². The van der Waals surface area contributed by atoms with Crippen LogP contribution < -0.4 is 20.7 Å². The minimum absolute atomic E-state index is 0.00220. The maximum atomic E-state index is 13.7. The Morgan fingerprint density at radius 1 is 1.13 bits per heavy atom. The summed E-state index contributed by atoms with van der Waals surface area (Å²) in [4.78, 5) is 42.5. The van der Waals surface area contributed by atoms with E-state index < -0.39 is 41.9 Å². The van der Waals surface area contributed by atoms with Crippen LogP contribution in [0.1, 0.15) is 41.2 Å². The first kappa shape index (κ1) is 33.1. The van der Waals surface area contributed by atoms with Gasteiger partial charge >= 0.3 is 18.2 Å². The molecule has 0 unspecified atom stereocenters. The van der Waals surface area contributed by atoms with Gasteiger partial charge in [0.25, 0.3) is 5.91 Å². The van der Waals surface area contributed by atoms with Crippen molar-refractivity contribution in [2.45, 2.75) is 46.0 Å². The van der Waals surface area contributed by atoms with Gasteiger partial charge < -0.3 is 40.1 Å². The molecule has 0 fully saturated rings. The molecule has 2 heterocycles. The number of aliphatic hydroxyl groups excluding tert-OH is 1. The summed E-state index contributed by atoms with van der Waals surface area (Å²) in [5, 5.41) is 21.7. The number of anilines is 3. The summed E-state index contributed by atoms with van der Waals surface area (Å²) < 4.78 is 50.3. The number of likely N-dealkylation sites (N-methyl/N-ethyl adjacent to an activating group) is 1. The Labute approximate surface area is 257 Å². The number of ether oxygens (including phenoxy) is 1. The zero-order valence-corrected chi connectivity index (χ0v) is 25.4. The average Bonchev–Trinajstić information content (AvgIpc) is 3.30. The van der Waals surface area contributed by atoms with E-state index in [1.807, 2.05) is 6.92 Å². The number of aliphatic hydroxyl groups is 1. The van der Waals surface area contributed by atoms with E-state index in [0.29, 0.717) is 17.1 Å². The summed E-state index contributed by atoms with van der Waals surface area (Å²) in [5.74, 6) is -0.320. The molecule has 4 N–H and O–H groups in total. The molecule has 1 aliphatic heterocycles. The number of hydrogen-bond donors (Lipinski definition) is 4. The van der Waals surface area contributed by atoms with Crippen LogP contribution in [0, 0.1) is 19.8 Å². The van der Waals surface area contributed by atoms with Crippen LogP contribution in [0.5, 0.6) is 5.75 Å². The third-order valence-corrected chi connectivity index (χ3v) is 7.48. The molecule has 0 aliphatic carbocycles. The van der Waals surface area contributed by atoms with E-state index in [9.17, 15) is 32.7 Å². The summed E-state index contributed by atoms with van der Waals surface area (Å²) in [6, 6.07) is 6.94. The Bertz CT molecular complexity index is 1520. The van der Waals surface area contributed by atoms with E-state index in [1.165, 1.54) is 16.8 Å². The van der Waals surface area contributed by atoms with Crippen molar-refractivity contribution in [1.29, 1.82) is 0 Å². The Morgan fingerprint density at radius 2 is 1.82 bits per heavy atom. The van der Waals surface area contributed by atoms with Crippen LogP contribution >= 0.6 is 0 Å². The van der Waals surface area contributed by atoms with Gasteiger partial charge in [-0.05, 0) is 57.2 Å². The van der Waals surface area contributed by atoms with Gasteiger partial charge in [0.1, 0.15) is 17.5 Å². The van der Waals surface area contributed by atoms with E-state index in [0.717, 1.165) is 24.3 Å². The maximum absolute atomic E-state index is 13.7. The van der Waals surface area contributed by atoms with Crippen LogP contribution in [-0.4, -0.2) is 76.9 Å². The highest BCUT2D eigenvalue weighted by atomic mass is 19.4. The molecule has 242 valence electrons. The van der Waals surface area contributed by atoms with Crippen molar-refractivity contribution in [2.75, 3.05) is 42.7 Å². The molecule has 2 aromatic carbocycles. The largest absolute Gasteiger partial charge is 0.485 e. The highest BCUT2D eigenvalue weighted by Gasteiger charge is 2.35. The van der Waals surface area contributed by atoms with Crippen molar-refractivity contribution >= 4 is 35.0 Å². The lowest BCUT2D eigenvalue weighted by molar-refractivity contribution is -0.137. The molecule has 0 saturated carbocycles. The second kappa shape index (κ2) is 13.5. The SMILES string of the molecule is Cc1noc(C)c1NC(=O)Nc1cccc2c1O[C@H](CN(C)C(=O)Nc1ccc(C(F)(F)F)cc1)[C@@H](C)CN([C@@H](C)CO)C2=O. The molecule has 12 nitrogen and oxygen atoms in total. The number of rotatable bonds is 7. The molecule has 3 aromatic rings. The molecular formula is C30H35F3N6O6. The van der Waals surface area contributed by atoms with Crippen LogP contribution in [0.15, 0.2) is 47.0 Å². The third-order valence-electron chi connectivity index (χ3n) is 7.48. The van der Waals surface area contributed by atoms with Gasteiger partial charge in [-0.25, -0.2) is 9.59 Å².